The molecule has 0 spiro atoms. The number of hydrogen-bond acceptors (Lipinski definition) is 4. The standard InChI is InChI=1S/4C6H3Cl3O/c4*7-4-1-3(10)2-5(8)6(4)9/h4*1-2,10H. The second-order valence-corrected chi connectivity index (χ2v) is 11.7. The summed E-state index contributed by atoms with van der Waals surface area (Å²) in [5.74, 6) is 0.0533. The quantitative estimate of drug-likeness (QED) is 0.134. The van der Waals surface area contributed by atoms with Crippen LogP contribution in [0, 0.1) is 0 Å². The lowest BCUT2D eigenvalue weighted by molar-refractivity contribution is 0.475. The van der Waals surface area contributed by atoms with Crippen LogP contribution in [0.1, 0.15) is 0 Å². The smallest absolute Gasteiger partial charge is 0.118 e. The maximum atomic E-state index is 8.89. The van der Waals surface area contributed by atoms with E-state index < -0.39 is 0 Å². The predicted molar refractivity (Wildman–Crippen MR) is 173 cm³/mol. The van der Waals surface area contributed by atoms with Crippen LogP contribution in [-0.2, 0) is 0 Å². The molecule has 4 nitrogen and oxygen atoms in total. The summed E-state index contributed by atoms with van der Waals surface area (Å²) < 4.78 is 0. The zero-order valence-corrected chi connectivity index (χ0v) is 28.0. The Hall–Kier alpha value is -0.440. The Kier molecular flexibility index (Phi) is 16.6. The second kappa shape index (κ2) is 17.6. The van der Waals surface area contributed by atoms with Crippen molar-refractivity contribution in [2.24, 2.45) is 0 Å². The molecule has 4 N–H and O–H groups in total. The van der Waals surface area contributed by atoms with Crippen molar-refractivity contribution in [3.8, 4) is 23.0 Å². The van der Waals surface area contributed by atoms with Crippen LogP contribution < -0.4 is 0 Å². The lowest BCUT2D eigenvalue weighted by Crippen LogP contribution is -1.71. The van der Waals surface area contributed by atoms with Crippen molar-refractivity contribution in [2.75, 3.05) is 0 Å². The van der Waals surface area contributed by atoms with Gasteiger partial charge in [0.15, 0.2) is 0 Å². The van der Waals surface area contributed by atoms with E-state index in [2.05, 4.69) is 0 Å². The highest BCUT2D eigenvalue weighted by atomic mass is 35.5. The molecule has 0 radical (unpaired) electrons. The van der Waals surface area contributed by atoms with Crippen molar-refractivity contribution >= 4 is 139 Å². The van der Waals surface area contributed by atoms with Gasteiger partial charge in [0.1, 0.15) is 23.0 Å². The number of halogens is 12. The van der Waals surface area contributed by atoms with Crippen LogP contribution >= 0.6 is 139 Å². The molecule has 4 aromatic rings. The molecule has 4 rings (SSSR count). The Morgan fingerprint density at radius 2 is 0.350 bits per heavy atom. The van der Waals surface area contributed by atoms with E-state index >= 15 is 0 Å². The highest BCUT2D eigenvalue weighted by Crippen LogP contribution is 2.35. The topological polar surface area (TPSA) is 80.9 Å². The van der Waals surface area contributed by atoms with Crippen LogP contribution in [0.15, 0.2) is 48.5 Å². The van der Waals surface area contributed by atoms with Crippen molar-refractivity contribution in [2.45, 2.75) is 0 Å². The molecule has 0 aliphatic carbocycles. The summed E-state index contributed by atoms with van der Waals surface area (Å²) in [5, 5.41) is 38.7. The number of phenols is 4. The first-order valence-electron chi connectivity index (χ1n) is 9.78. The molecule has 0 heterocycles. The van der Waals surface area contributed by atoms with E-state index in [1.54, 1.807) is 0 Å². The molecule has 40 heavy (non-hydrogen) atoms. The molecule has 0 saturated carbocycles. The lowest BCUT2D eigenvalue weighted by Gasteiger charge is -1.98. The first-order chi connectivity index (χ1) is 18.4. The number of aromatic hydroxyl groups is 4. The van der Waals surface area contributed by atoms with E-state index in [1.807, 2.05) is 0 Å². The van der Waals surface area contributed by atoms with Gasteiger partial charge in [-0.2, -0.15) is 0 Å². The molecule has 0 aliphatic rings. The minimum atomic E-state index is 0.0133. The number of hydrogen-bond donors (Lipinski definition) is 4. The van der Waals surface area contributed by atoms with Crippen molar-refractivity contribution in [1.82, 2.24) is 0 Å². The molecule has 16 heteroatoms. The summed E-state index contributed by atoms with van der Waals surface area (Å²) in [6.45, 7) is 0. The Morgan fingerprint density at radius 3 is 0.450 bits per heavy atom. The van der Waals surface area contributed by atoms with E-state index in [-0.39, 0.29) is 83.3 Å². The predicted octanol–water partition coefficient (Wildman–Crippen LogP) is 13.4. The number of phenolic OH excluding ortho intramolecular Hbond substituents is 4. The van der Waals surface area contributed by atoms with Gasteiger partial charge < -0.3 is 20.4 Å². The highest BCUT2D eigenvalue weighted by molar-refractivity contribution is 6.50. The number of benzene rings is 4. The molecular formula is C24H12Cl12O4. The van der Waals surface area contributed by atoms with Crippen molar-refractivity contribution in [3.05, 3.63) is 109 Å². The van der Waals surface area contributed by atoms with Crippen molar-refractivity contribution in [3.63, 3.8) is 0 Å². The third-order valence-corrected chi connectivity index (χ3v) is 8.66. The summed E-state index contributed by atoms with van der Waals surface area (Å²) in [5.41, 5.74) is 0. The third kappa shape index (κ3) is 12.4. The summed E-state index contributed by atoms with van der Waals surface area (Å²) in [4.78, 5) is 0. The van der Waals surface area contributed by atoms with Crippen LogP contribution in [0.25, 0.3) is 0 Å². The SMILES string of the molecule is Oc1cc(Cl)c(Cl)c(Cl)c1.Oc1cc(Cl)c(Cl)c(Cl)c1.Oc1cc(Cl)c(Cl)c(Cl)c1.Oc1cc(Cl)c(Cl)c(Cl)c1. The average Bonchev–Trinajstić information content (AvgIpc) is 2.84. The molecule has 0 amide bonds. The average molecular weight is 790 g/mol. The van der Waals surface area contributed by atoms with E-state index in [0.717, 1.165) is 0 Å². The summed E-state index contributed by atoms with van der Waals surface area (Å²) in [6, 6.07) is 10.6. The minimum Gasteiger partial charge on any atom is -0.508 e. The minimum absolute atomic E-state index is 0.0133. The van der Waals surface area contributed by atoms with Crippen LogP contribution in [0.4, 0.5) is 0 Å². The first kappa shape index (κ1) is 37.6. The fraction of sp³-hybridized carbons (Fsp3) is 0. The van der Waals surface area contributed by atoms with E-state index in [4.69, 9.17) is 160 Å². The van der Waals surface area contributed by atoms with Gasteiger partial charge in [-0.25, -0.2) is 0 Å². The molecule has 0 aromatic heterocycles. The fourth-order valence-corrected chi connectivity index (χ4v) is 4.51. The van der Waals surface area contributed by atoms with E-state index in [1.165, 1.54) is 48.5 Å². The highest BCUT2D eigenvalue weighted by Gasteiger charge is 2.06. The maximum Gasteiger partial charge on any atom is 0.118 e. The fourth-order valence-electron chi connectivity index (χ4n) is 2.17. The Bertz CT molecular complexity index is 1170. The van der Waals surface area contributed by atoms with Gasteiger partial charge in [-0.3, -0.25) is 0 Å². The molecule has 0 bridgehead atoms. The van der Waals surface area contributed by atoms with Crippen molar-refractivity contribution in [1.29, 1.82) is 0 Å². The molecule has 0 unspecified atom stereocenters. The first-order valence-corrected chi connectivity index (χ1v) is 14.3. The molecule has 0 atom stereocenters. The van der Waals surface area contributed by atoms with Crippen LogP contribution in [0.2, 0.25) is 60.3 Å². The van der Waals surface area contributed by atoms with Crippen LogP contribution in [-0.4, -0.2) is 20.4 Å². The van der Waals surface area contributed by atoms with E-state index in [9.17, 15) is 0 Å². The largest absolute Gasteiger partial charge is 0.508 e. The van der Waals surface area contributed by atoms with Gasteiger partial charge in [0.25, 0.3) is 0 Å². The van der Waals surface area contributed by atoms with Gasteiger partial charge in [-0.05, 0) is 0 Å². The maximum absolute atomic E-state index is 8.89. The Morgan fingerprint density at radius 1 is 0.250 bits per heavy atom. The molecule has 0 saturated heterocycles. The van der Waals surface area contributed by atoms with Gasteiger partial charge in [0.05, 0.1) is 60.3 Å². The molecule has 216 valence electrons. The van der Waals surface area contributed by atoms with Crippen molar-refractivity contribution < 1.29 is 20.4 Å². The van der Waals surface area contributed by atoms with Gasteiger partial charge in [-0.15, -0.1) is 0 Å². The molecule has 4 aromatic carbocycles. The lowest BCUT2D eigenvalue weighted by atomic mass is 10.3. The summed E-state index contributed by atoms with van der Waals surface area (Å²) in [7, 11) is 0. The van der Waals surface area contributed by atoms with Gasteiger partial charge in [0.2, 0.25) is 0 Å². The Balaban J connectivity index is 0.000000267. The molecule has 0 fully saturated rings. The monoisotopic (exact) mass is 784 g/mol. The second-order valence-electron chi connectivity index (χ2n) is 6.89. The van der Waals surface area contributed by atoms with Crippen LogP contribution in [0.3, 0.4) is 0 Å². The van der Waals surface area contributed by atoms with Crippen LogP contribution in [0.5, 0.6) is 23.0 Å². The Labute approximate surface area is 288 Å². The normalized spacial score (nSPS) is 9.90. The van der Waals surface area contributed by atoms with Gasteiger partial charge in [0, 0.05) is 48.5 Å². The molecule has 0 aliphatic heterocycles. The molecular weight excluding hydrogens is 778 g/mol. The number of rotatable bonds is 0. The zero-order chi connectivity index (χ0) is 30.9. The van der Waals surface area contributed by atoms with E-state index in [0.29, 0.717) is 0 Å². The third-order valence-electron chi connectivity index (χ3n) is 3.87. The van der Waals surface area contributed by atoms with Gasteiger partial charge >= 0.3 is 0 Å². The summed E-state index contributed by atoms with van der Waals surface area (Å²) >= 11 is 66.6. The van der Waals surface area contributed by atoms with Gasteiger partial charge in [-0.1, -0.05) is 139 Å². The summed E-state index contributed by atoms with van der Waals surface area (Å²) in [6.07, 6.45) is 0. The zero-order valence-electron chi connectivity index (χ0n) is 18.9.